The first-order chi connectivity index (χ1) is 15.6. The molecule has 4 aromatic rings. The van der Waals surface area contributed by atoms with Crippen LogP contribution in [0.3, 0.4) is 0 Å². The van der Waals surface area contributed by atoms with E-state index < -0.39 is 31.1 Å². The van der Waals surface area contributed by atoms with Gasteiger partial charge in [-0.15, -0.1) is 0 Å². The van der Waals surface area contributed by atoms with E-state index in [-0.39, 0.29) is 22.9 Å². The summed E-state index contributed by atoms with van der Waals surface area (Å²) in [5.41, 5.74) is 11.0. The zero-order chi connectivity index (χ0) is 22.2. The van der Waals surface area contributed by atoms with Crippen LogP contribution in [0.4, 0.5) is 11.8 Å². The molecule has 1 fully saturated rings. The highest BCUT2D eigenvalue weighted by molar-refractivity contribution is 5.98. The molecule has 6 N–H and O–H groups in total. The summed E-state index contributed by atoms with van der Waals surface area (Å²) < 4.78 is 7.09. The molecule has 12 heteroatoms. The van der Waals surface area contributed by atoms with Crippen LogP contribution in [0, 0.1) is 0 Å². The highest BCUT2D eigenvalue weighted by Crippen LogP contribution is 2.35. The van der Waals surface area contributed by atoms with Gasteiger partial charge in [0.25, 0.3) is 0 Å². The number of hydrogen-bond donors (Lipinski definition) is 5. The van der Waals surface area contributed by atoms with Gasteiger partial charge in [-0.1, -0.05) is 18.2 Å². The summed E-state index contributed by atoms with van der Waals surface area (Å²) in [6, 6.07) is 9.49. The van der Waals surface area contributed by atoms with Crippen molar-refractivity contribution in [3.05, 3.63) is 48.4 Å². The van der Waals surface area contributed by atoms with Crippen LogP contribution in [-0.4, -0.2) is 71.0 Å². The van der Waals surface area contributed by atoms with Crippen LogP contribution in [0.2, 0.25) is 0 Å². The number of hydrazone groups is 1. The second-order valence-corrected chi connectivity index (χ2v) is 7.25. The summed E-state index contributed by atoms with van der Waals surface area (Å²) in [4.78, 5) is 16.9. The van der Waals surface area contributed by atoms with E-state index in [9.17, 15) is 15.3 Å². The van der Waals surface area contributed by atoms with Crippen molar-refractivity contribution < 1.29 is 20.1 Å². The number of nitrogens with zero attached hydrogens (tertiary/aromatic N) is 6. The zero-order valence-corrected chi connectivity index (χ0v) is 16.6. The molecule has 4 heterocycles. The van der Waals surface area contributed by atoms with Crippen LogP contribution < -0.4 is 11.2 Å². The highest BCUT2D eigenvalue weighted by atomic mass is 16.6. The molecule has 1 aliphatic rings. The molecule has 3 aromatic heterocycles. The Morgan fingerprint density at radius 1 is 1.16 bits per heavy atom. The summed E-state index contributed by atoms with van der Waals surface area (Å²) in [6.07, 6.45) is -0.121. The maximum atomic E-state index is 10.5. The zero-order valence-electron chi connectivity index (χ0n) is 16.6. The summed E-state index contributed by atoms with van der Waals surface area (Å²) in [6.45, 7) is -0.464. The Hall–Kier alpha value is -3.71. The summed E-state index contributed by atoms with van der Waals surface area (Å²) in [5.74, 6) is 0.296. The Labute approximate surface area is 181 Å². The summed E-state index contributed by atoms with van der Waals surface area (Å²) in [7, 11) is 0. The number of ether oxygens (including phenoxy) is 1. The first-order valence-corrected chi connectivity index (χ1v) is 9.82. The molecule has 1 aromatic carbocycles. The Morgan fingerprint density at radius 3 is 2.81 bits per heavy atom. The number of nitrogens with two attached hydrogens (primary N) is 1. The van der Waals surface area contributed by atoms with Crippen molar-refractivity contribution in [3.8, 4) is 0 Å². The second-order valence-electron chi connectivity index (χ2n) is 7.25. The Kier molecular flexibility index (Phi) is 5.11. The number of nitrogens with one attached hydrogen (secondary N) is 1. The minimum atomic E-state index is -1.34. The number of imidazole rings is 1. The average Bonchev–Trinajstić information content (AvgIpc) is 3.31. The molecule has 0 spiro atoms. The van der Waals surface area contributed by atoms with E-state index in [1.54, 1.807) is 12.4 Å². The number of rotatable bonds is 5. The Balaban J connectivity index is 1.53. The molecule has 0 saturated carbocycles. The number of aliphatic hydroxyl groups excluding tert-OH is 3. The molecule has 0 amide bonds. The van der Waals surface area contributed by atoms with Gasteiger partial charge in [-0.05, 0) is 12.1 Å². The third-order valence-corrected chi connectivity index (χ3v) is 5.33. The van der Waals surface area contributed by atoms with Gasteiger partial charge in [0.1, 0.15) is 24.6 Å². The lowest BCUT2D eigenvalue weighted by atomic mass is 10.1. The first kappa shape index (κ1) is 20.2. The van der Waals surface area contributed by atoms with Crippen molar-refractivity contribution >= 4 is 40.0 Å². The van der Waals surface area contributed by atoms with Gasteiger partial charge in [0, 0.05) is 17.1 Å². The van der Waals surface area contributed by atoms with Crippen LogP contribution in [0.25, 0.3) is 22.1 Å². The molecule has 1 aliphatic heterocycles. The summed E-state index contributed by atoms with van der Waals surface area (Å²) in [5, 5.41) is 35.4. The molecule has 32 heavy (non-hydrogen) atoms. The van der Waals surface area contributed by atoms with E-state index in [2.05, 4.69) is 30.5 Å². The topological polar surface area (TPSA) is 177 Å². The predicted octanol–water partition coefficient (Wildman–Crippen LogP) is 0.0142. The number of aliphatic hydroxyl groups is 3. The third kappa shape index (κ3) is 3.31. The van der Waals surface area contributed by atoms with E-state index in [0.29, 0.717) is 0 Å². The number of benzene rings is 1. The van der Waals surface area contributed by atoms with Gasteiger partial charge in [-0.25, -0.2) is 20.4 Å². The first-order valence-electron chi connectivity index (χ1n) is 9.82. The van der Waals surface area contributed by atoms with E-state index in [4.69, 9.17) is 10.5 Å². The maximum Gasteiger partial charge on any atom is 0.228 e. The number of aromatic nitrogens is 5. The smallest absolute Gasteiger partial charge is 0.228 e. The molecule has 1 saturated heterocycles. The Morgan fingerprint density at radius 2 is 2.00 bits per heavy atom. The van der Waals surface area contributed by atoms with E-state index in [0.717, 1.165) is 16.5 Å². The molecule has 164 valence electrons. The number of pyridine rings is 1. The number of fused-ring (bicyclic) bond motifs is 2. The van der Waals surface area contributed by atoms with Crippen LogP contribution in [-0.2, 0) is 4.74 Å². The van der Waals surface area contributed by atoms with Crippen molar-refractivity contribution in [1.82, 2.24) is 24.5 Å². The number of hydrogen-bond acceptors (Lipinski definition) is 11. The van der Waals surface area contributed by atoms with Crippen LogP contribution in [0.1, 0.15) is 11.8 Å². The van der Waals surface area contributed by atoms with Crippen LogP contribution in [0.5, 0.6) is 0 Å². The second kappa shape index (κ2) is 8.09. The lowest BCUT2D eigenvalue weighted by Crippen LogP contribution is -2.33. The molecular weight excluding hydrogens is 416 g/mol. The van der Waals surface area contributed by atoms with E-state index in [1.807, 2.05) is 30.3 Å². The maximum absolute atomic E-state index is 10.5. The predicted molar refractivity (Wildman–Crippen MR) is 116 cm³/mol. The van der Waals surface area contributed by atoms with Gasteiger partial charge in [0.2, 0.25) is 5.95 Å². The Bertz CT molecular complexity index is 1300. The third-order valence-electron chi connectivity index (χ3n) is 5.33. The fourth-order valence-corrected chi connectivity index (χ4v) is 3.73. The molecule has 12 nitrogen and oxygen atoms in total. The number of nitrogen functional groups attached to an aromatic ring is 1. The lowest BCUT2D eigenvalue weighted by Gasteiger charge is -2.18. The van der Waals surface area contributed by atoms with Crippen LogP contribution in [0.15, 0.2) is 48.0 Å². The van der Waals surface area contributed by atoms with Crippen molar-refractivity contribution in [2.24, 2.45) is 5.10 Å². The molecule has 4 atom stereocenters. The molecule has 0 unspecified atom stereocenters. The standard InChI is InChI=1S/C20H20N8O4/c21-17-14-18(24-9-23-17)28(19-16(31)15(30)13(8-29)32-19)20(26-14)27-25-7-10-5-6-22-12-4-2-1-3-11(10)12/h1-7,9,13,15-16,19,29-31H,8H2,(H,26,27)(H2,21,23,24)/t13-,15-,16-,19+/m1/s1. The number of para-hydroxylation sites is 1. The molecular formula is C20H20N8O4. The lowest BCUT2D eigenvalue weighted by molar-refractivity contribution is -0.0501. The number of anilines is 2. The fraction of sp³-hybridized carbons (Fsp3) is 0.250. The van der Waals surface area contributed by atoms with E-state index in [1.165, 1.54) is 10.9 Å². The summed E-state index contributed by atoms with van der Waals surface area (Å²) >= 11 is 0. The molecule has 0 radical (unpaired) electrons. The van der Waals surface area contributed by atoms with Gasteiger partial charge in [-0.3, -0.25) is 9.55 Å². The largest absolute Gasteiger partial charge is 0.394 e. The van der Waals surface area contributed by atoms with Gasteiger partial charge >= 0.3 is 0 Å². The monoisotopic (exact) mass is 436 g/mol. The minimum absolute atomic E-state index is 0.132. The van der Waals surface area contributed by atoms with E-state index >= 15 is 0 Å². The minimum Gasteiger partial charge on any atom is -0.394 e. The highest BCUT2D eigenvalue weighted by Gasteiger charge is 2.45. The molecule has 5 rings (SSSR count). The SMILES string of the molecule is Nc1ncnc2c1nc(NN=Cc1ccnc3ccccc13)n2[C@H]1O[C@H](CO)[C@@H](O)[C@H]1O. The van der Waals surface area contributed by atoms with Gasteiger partial charge < -0.3 is 25.8 Å². The average molecular weight is 436 g/mol. The molecule has 0 bridgehead atoms. The van der Waals surface area contributed by atoms with Crippen molar-refractivity contribution in [2.45, 2.75) is 24.5 Å². The molecule has 0 aliphatic carbocycles. The van der Waals surface area contributed by atoms with Gasteiger partial charge in [0.15, 0.2) is 23.2 Å². The van der Waals surface area contributed by atoms with Crippen LogP contribution >= 0.6 is 0 Å². The normalized spacial score (nSPS) is 23.5. The quantitative estimate of drug-likeness (QED) is 0.212. The van der Waals surface area contributed by atoms with Crippen molar-refractivity contribution in [3.63, 3.8) is 0 Å². The van der Waals surface area contributed by atoms with Crippen molar-refractivity contribution in [1.29, 1.82) is 0 Å². The van der Waals surface area contributed by atoms with Gasteiger partial charge in [0.05, 0.1) is 18.3 Å². The van der Waals surface area contributed by atoms with Crippen molar-refractivity contribution in [2.75, 3.05) is 17.8 Å². The van der Waals surface area contributed by atoms with Gasteiger partial charge in [-0.2, -0.15) is 5.10 Å². The fourth-order valence-electron chi connectivity index (χ4n) is 3.73.